The molecule has 4 nitrogen and oxygen atoms in total. The van der Waals surface area contributed by atoms with E-state index < -0.39 is 0 Å². The van der Waals surface area contributed by atoms with E-state index in [2.05, 4.69) is 19.2 Å². The van der Waals surface area contributed by atoms with Gasteiger partial charge in [-0.3, -0.25) is 10.1 Å². The molecule has 1 N–H and O–H groups in total. The van der Waals surface area contributed by atoms with E-state index in [1.807, 2.05) is 12.1 Å². The first-order chi connectivity index (χ1) is 9.48. The third-order valence-electron chi connectivity index (χ3n) is 4.35. The first-order valence-corrected chi connectivity index (χ1v) is 7.44. The summed E-state index contributed by atoms with van der Waals surface area (Å²) < 4.78 is 0. The number of hydrogen-bond acceptors (Lipinski definition) is 3. The number of hydrogen-bond donors (Lipinski definition) is 1. The molecule has 4 heteroatoms. The number of para-hydroxylation sites is 1. The molecule has 0 aliphatic heterocycles. The maximum Gasteiger partial charge on any atom is 0.272 e. The minimum Gasteiger partial charge on any atom is -0.314 e. The highest BCUT2D eigenvalue weighted by Gasteiger charge is 2.26. The van der Waals surface area contributed by atoms with Crippen LogP contribution in [0.15, 0.2) is 24.3 Å². The van der Waals surface area contributed by atoms with Gasteiger partial charge in [0, 0.05) is 17.7 Å². The van der Waals surface area contributed by atoms with Gasteiger partial charge in [-0.1, -0.05) is 32.0 Å². The molecule has 20 heavy (non-hydrogen) atoms. The number of nitro benzene ring substituents is 1. The summed E-state index contributed by atoms with van der Waals surface area (Å²) in [5.41, 5.74) is 1.54. The van der Waals surface area contributed by atoms with E-state index in [1.165, 1.54) is 25.7 Å². The highest BCUT2D eigenvalue weighted by molar-refractivity contribution is 5.39. The zero-order valence-electron chi connectivity index (χ0n) is 12.4. The van der Waals surface area contributed by atoms with Gasteiger partial charge in [-0.15, -0.1) is 0 Å². The van der Waals surface area contributed by atoms with Gasteiger partial charge in [0.25, 0.3) is 5.69 Å². The van der Waals surface area contributed by atoms with Crippen molar-refractivity contribution in [3.63, 3.8) is 0 Å². The lowest BCUT2D eigenvalue weighted by Crippen LogP contribution is -2.36. The lowest BCUT2D eigenvalue weighted by Gasteiger charge is -2.34. The molecule has 0 heterocycles. The van der Waals surface area contributed by atoms with E-state index in [4.69, 9.17) is 0 Å². The molecule has 1 aromatic rings. The summed E-state index contributed by atoms with van der Waals surface area (Å²) in [6, 6.07) is 7.59. The van der Waals surface area contributed by atoms with Crippen molar-refractivity contribution in [2.45, 2.75) is 52.0 Å². The van der Waals surface area contributed by atoms with Crippen LogP contribution in [0.25, 0.3) is 0 Å². The fourth-order valence-corrected chi connectivity index (χ4v) is 2.91. The summed E-state index contributed by atoms with van der Waals surface area (Å²) in [4.78, 5) is 10.7. The molecular formula is C16H24N2O2. The second-order valence-corrected chi connectivity index (χ2v) is 6.53. The Morgan fingerprint density at radius 3 is 2.60 bits per heavy atom. The summed E-state index contributed by atoms with van der Waals surface area (Å²) in [7, 11) is 0. The van der Waals surface area contributed by atoms with Gasteiger partial charge in [-0.2, -0.15) is 0 Å². The van der Waals surface area contributed by atoms with Crippen LogP contribution in [-0.4, -0.2) is 17.5 Å². The molecule has 1 aromatic carbocycles. The van der Waals surface area contributed by atoms with Crippen LogP contribution < -0.4 is 5.32 Å². The Balaban J connectivity index is 1.81. The molecule has 0 saturated heterocycles. The molecule has 1 fully saturated rings. The van der Waals surface area contributed by atoms with Gasteiger partial charge in [0.2, 0.25) is 0 Å². The molecule has 0 unspecified atom stereocenters. The Bertz CT molecular complexity index is 461. The van der Waals surface area contributed by atoms with Crippen molar-refractivity contribution in [3.05, 3.63) is 39.9 Å². The van der Waals surface area contributed by atoms with Crippen LogP contribution in [-0.2, 0) is 6.42 Å². The van der Waals surface area contributed by atoms with Crippen LogP contribution in [0.3, 0.4) is 0 Å². The third-order valence-corrected chi connectivity index (χ3v) is 4.35. The predicted molar refractivity (Wildman–Crippen MR) is 80.8 cm³/mol. The van der Waals surface area contributed by atoms with Crippen LogP contribution in [0.2, 0.25) is 0 Å². The van der Waals surface area contributed by atoms with Gasteiger partial charge in [-0.05, 0) is 44.1 Å². The molecular weight excluding hydrogens is 252 g/mol. The molecule has 1 aliphatic carbocycles. The average Bonchev–Trinajstić information content (AvgIpc) is 2.41. The van der Waals surface area contributed by atoms with Crippen LogP contribution in [0.4, 0.5) is 5.69 Å². The molecule has 0 aromatic heterocycles. The maximum absolute atomic E-state index is 10.9. The first-order valence-electron chi connectivity index (χ1n) is 7.44. The van der Waals surface area contributed by atoms with Crippen molar-refractivity contribution >= 4 is 5.69 Å². The van der Waals surface area contributed by atoms with Crippen LogP contribution >= 0.6 is 0 Å². The van der Waals surface area contributed by atoms with E-state index >= 15 is 0 Å². The van der Waals surface area contributed by atoms with Gasteiger partial charge in [0.15, 0.2) is 0 Å². The van der Waals surface area contributed by atoms with Gasteiger partial charge in [-0.25, -0.2) is 0 Å². The van der Waals surface area contributed by atoms with E-state index in [0.29, 0.717) is 11.5 Å². The van der Waals surface area contributed by atoms with Crippen molar-refractivity contribution in [2.24, 2.45) is 5.41 Å². The fraction of sp³-hybridized carbons (Fsp3) is 0.625. The Morgan fingerprint density at radius 2 is 1.95 bits per heavy atom. The smallest absolute Gasteiger partial charge is 0.272 e. The Labute approximate surface area is 120 Å². The quantitative estimate of drug-likeness (QED) is 0.659. The number of nitro groups is 1. The van der Waals surface area contributed by atoms with E-state index in [1.54, 1.807) is 12.1 Å². The fourth-order valence-electron chi connectivity index (χ4n) is 2.91. The molecule has 0 bridgehead atoms. The van der Waals surface area contributed by atoms with Gasteiger partial charge in [0.1, 0.15) is 0 Å². The average molecular weight is 276 g/mol. The SMILES string of the molecule is CC1(C)CCC(NCCc2ccccc2[N+](=O)[O-])CC1. The van der Waals surface area contributed by atoms with Crippen molar-refractivity contribution in [1.29, 1.82) is 0 Å². The summed E-state index contributed by atoms with van der Waals surface area (Å²) in [6.45, 7) is 5.48. The zero-order chi connectivity index (χ0) is 14.6. The molecule has 2 rings (SSSR count). The summed E-state index contributed by atoms with van der Waals surface area (Å²) in [5, 5.41) is 14.5. The van der Waals surface area contributed by atoms with Crippen molar-refractivity contribution in [3.8, 4) is 0 Å². The predicted octanol–water partition coefficient (Wildman–Crippen LogP) is 3.70. The largest absolute Gasteiger partial charge is 0.314 e. The molecule has 1 aliphatic rings. The minimum absolute atomic E-state index is 0.235. The maximum atomic E-state index is 10.9. The Morgan fingerprint density at radius 1 is 1.30 bits per heavy atom. The van der Waals surface area contributed by atoms with Crippen molar-refractivity contribution in [2.75, 3.05) is 6.54 Å². The second-order valence-electron chi connectivity index (χ2n) is 6.53. The number of nitrogens with one attached hydrogen (secondary N) is 1. The number of benzene rings is 1. The molecule has 110 valence electrons. The highest BCUT2D eigenvalue weighted by atomic mass is 16.6. The molecule has 0 amide bonds. The van der Waals surface area contributed by atoms with E-state index in [0.717, 1.165) is 18.5 Å². The van der Waals surface area contributed by atoms with Crippen LogP contribution in [0.1, 0.15) is 45.1 Å². The lowest BCUT2D eigenvalue weighted by molar-refractivity contribution is -0.385. The first kappa shape index (κ1) is 15.0. The monoisotopic (exact) mass is 276 g/mol. The van der Waals surface area contributed by atoms with E-state index in [-0.39, 0.29) is 10.6 Å². The topological polar surface area (TPSA) is 55.2 Å². The number of rotatable bonds is 5. The summed E-state index contributed by atoms with van der Waals surface area (Å²) >= 11 is 0. The standard InChI is InChI=1S/C16H24N2O2/c1-16(2)10-7-14(8-11-16)17-12-9-13-5-3-4-6-15(13)18(19)20/h3-6,14,17H,7-12H2,1-2H3. The highest BCUT2D eigenvalue weighted by Crippen LogP contribution is 2.34. The van der Waals surface area contributed by atoms with Crippen molar-refractivity contribution < 1.29 is 4.92 Å². The van der Waals surface area contributed by atoms with Gasteiger partial charge in [0.05, 0.1) is 4.92 Å². The third kappa shape index (κ3) is 4.04. The zero-order valence-corrected chi connectivity index (χ0v) is 12.4. The molecule has 0 atom stereocenters. The van der Waals surface area contributed by atoms with Crippen LogP contribution in [0, 0.1) is 15.5 Å². The van der Waals surface area contributed by atoms with E-state index in [9.17, 15) is 10.1 Å². The molecule has 1 saturated carbocycles. The number of nitrogens with zero attached hydrogens (tertiary/aromatic N) is 1. The molecule has 0 radical (unpaired) electrons. The second kappa shape index (κ2) is 6.35. The summed E-state index contributed by atoms with van der Waals surface area (Å²) in [5.74, 6) is 0. The Hall–Kier alpha value is -1.42. The Kier molecular flexibility index (Phi) is 4.76. The van der Waals surface area contributed by atoms with Gasteiger partial charge < -0.3 is 5.32 Å². The molecule has 0 spiro atoms. The van der Waals surface area contributed by atoms with Gasteiger partial charge >= 0.3 is 0 Å². The minimum atomic E-state index is -0.293. The van der Waals surface area contributed by atoms with Crippen LogP contribution in [0.5, 0.6) is 0 Å². The lowest BCUT2D eigenvalue weighted by atomic mass is 9.75. The summed E-state index contributed by atoms with van der Waals surface area (Å²) in [6.07, 6.45) is 5.66. The normalized spacial score (nSPS) is 18.9. The van der Waals surface area contributed by atoms with Crippen molar-refractivity contribution in [1.82, 2.24) is 5.32 Å².